The van der Waals surface area contributed by atoms with Crippen LogP contribution in [0, 0.1) is 5.82 Å². The molecule has 0 aliphatic carbocycles. The molecule has 1 rings (SSSR count). The van der Waals surface area contributed by atoms with Crippen molar-refractivity contribution < 1.29 is 4.39 Å². The molecule has 0 aromatic heterocycles. The summed E-state index contributed by atoms with van der Waals surface area (Å²) in [5.41, 5.74) is 0. The standard InChI is InChI=1S/C6H4BrF.C2H6/c7-5-1-3-6(8)4-2-5;1-2/h1-4H;1-2H3. The summed E-state index contributed by atoms with van der Waals surface area (Å²) in [6.07, 6.45) is 0. The van der Waals surface area contributed by atoms with Gasteiger partial charge in [0, 0.05) is 4.47 Å². The van der Waals surface area contributed by atoms with Crippen LogP contribution >= 0.6 is 15.9 Å². The highest BCUT2D eigenvalue weighted by atomic mass is 79.9. The zero-order chi connectivity index (χ0) is 7.98. The molecule has 56 valence electrons. The summed E-state index contributed by atoms with van der Waals surface area (Å²) in [7, 11) is 0. The smallest absolute Gasteiger partial charge is 0.123 e. The van der Waals surface area contributed by atoms with Crippen LogP contribution in [0.15, 0.2) is 28.7 Å². The molecule has 0 bridgehead atoms. The van der Waals surface area contributed by atoms with Crippen molar-refractivity contribution in [3.8, 4) is 0 Å². The van der Waals surface area contributed by atoms with E-state index in [0.29, 0.717) is 0 Å². The summed E-state index contributed by atoms with van der Waals surface area (Å²) in [5, 5.41) is 0. The molecule has 0 N–H and O–H groups in total. The first kappa shape index (κ1) is 9.63. The SMILES string of the molecule is CC.Fc1ccc(Br)cc1. The number of halogens is 2. The van der Waals surface area contributed by atoms with E-state index in [9.17, 15) is 4.39 Å². The van der Waals surface area contributed by atoms with Gasteiger partial charge in [-0.05, 0) is 24.3 Å². The van der Waals surface area contributed by atoms with Crippen LogP contribution in [0.5, 0.6) is 0 Å². The number of hydrogen-bond acceptors (Lipinski definition) is 0. The Morgan fingerprint density at radius 3 is 1.80 bits per heavy atom. The van der Waals surface area contributed by atoms with Gasteiger partial charge in [0.05, 0.1) is 0 Å². The summed E-state index contributed by atoms with van der Waals surface area (Å²) in [6, 6.07) is 6.14. The highest BCUT2D eigenvalue weighted by Gasteiger charge is 1.84. The number of hydrogen-bond donors (Lipinski definition) is 0. The lowest BCUT2D eigenvalue weighted by Gasteiger charge is -1.85. The zero-order valence-electron chi connectivity index (χ0n) is 6.07. The Balaban J connectivity index is 0.000000371. The summed E-state index contributed by atoms with van der Waals surface area (Å²) >= 11 is 3.18. The minimum absolute atomic E-state index is 0.201. The molecular formula is C8H10BrF. The fourth-order valence-electron chi connectivity index (χ4n) is 0.430. The summed E-state index contributed by atoms with van der Waals surface area (Å²) in [5.74, 6) is -0.201. The van der Waals surface area contributed by atoms with Crippen molar-refractivity contribution in [1.29, 1.82) is 0 Å². The van der Waals surface area contributed by atoms with E-state index in [1.54, 1.807) is 12.1 Å². The van der Waals surface area contributed by atoms with E-state index in [2.05, 4.69) is 15.9 Å². The fraction of sp³-hybridized carbons (Fsp3) is 0.250. The average Bonchev–Trinajstić information content (AvgIpc) is 2.00. The molecule has 0 nitrogen and oxygen atoms in total. The van der Waals surface area contributed by atoms with Gasteiger partial charge in [0.25, 0.3) is 0 Å². The second-order valence-electron chi connectivity index (χ2n) is 1.44. The van der Waals surface area contributed by atoms with E-state index < -0.39 is 0 Å². The second-order valence-corrected chi connectivity index (χ2v) is 2.35. The number of rotatable bonds is 0. The lowest BCUT2D eigenvalue weighted by atomic mass is 10.4. The summed E-state index contributed by atoms with van der Waals surface area (Å²) < 4.78 is 13.0. The van der Waals surface area contributed by atoms with Crippen LogP contribution < -0.4 is 0 Å². The third-order valence-electron chi connectivity index (χ3n) is 0.804. The molecule has 1 aromatic rings. The van der Waals surface area contributed by atoms with Crippen molar-refractivity contribution in [1.82, 2.24) is 0 Å². The molecule has 0 atom stereocenters. The molecule has 1 aromatic carbocycles. The van der Waals surface area contributed by atoms with E-state index in [0.717, 1.165) is 4.47 Å². The van der Waals surface area contributed by atoms with E-state index in [-0.39, 0.29) is 5.82 Å². The third-order valence-corrected chi connectivity index (χ3v) is 1.33. The molecule has 0 saturated heterocycles. The van der Waals surface area contributed by atoms with Crippen molar-refractivity contribution in [3.05, 3.63) is 34.6 Å². The third kappa shape index (κ3) is 3.62. The normalized spacial score (nSPS) is 8.00. The maximum Gasteiger partial charge on any atom is 0.123 e. The first-order valence-electron chi connectivity index (χ1n) is 3.20. The van der Waals surface area contributed by atoms with Crippen molar-refractivity contribution in [3.63, 3.8) is 0 Å². The predicted molar refractivity (Wildman–Crippen MR) is 45.4 cm³/mol. The van der Waals surface area contributed by atoms with Crippen LogP contribution in [0.3, 0.4) is 0 Å². The minimum atomic E-state index is -0.201. The molecule has 0 amide bonds. The Hall–Kier alpha value is -0.370. The quantitative estimate of drug-likeness (QED) is 0.606. The van der Waals surface area contributed by atoms with Gasteiger partial charge in [-0.1, -0.05) is 29.8 Å². The number of benzene rings is 1. The van der Waals surface area contributed by atoms with Gasteiger partial charge in [-0.3, -0.25) is 0 Å². The highest BCUT2D eigenvalue weighted by molar-refractivity contribution is 9.10. The first-order valence-corrected chi connectivity index (χ1v) is 3.99. The van der Waals surface area contributed by atoms with Crippen LogP contribution in [0.4, 0.5) is 4.39 Å². The first-order chi connectivity index (χ1) is 4.79. The van der Waals surface area contributed by atoms with Crippen LogP contribution in [-0.2, 0) is 0 Å². The molecule has 10 heavy (non-hydrogen) atoms. The lowest BCUT2D eigenvalue weighted by molar-refractivity contribution is 0.627. The Kier molecular flexibility index (Phi) is 5.22. The van der Waals surface area contributed by atoms with Gasteiger partial charge in [-0.2, -0.15) is 0 Å². The predicted octanol–water partition coefficient (Wildman–Crippen LogP) is 3.61. The van der Waals surface area contributed by atoms with Crippen molar-refractivity contribution in [2.24, 2.45) is 0 Å². The van der Waals surface area contributed by atoms with Crippen LogP contribution in [0.1, 0.15) is 13.8 Å². The highest BCUT2D eigenvalue weighted by Crippen LogP contribution is 2.08. The maximum atomic E-state index is 12.1. The maximum absolute atomic E-state index is 12.1. The molecular weight excluding hydrogens is 195 g/mol. The van der Waals surface area contributed by atoms with E-state index in [1.165, 1.54) is 12.1 Å². The monoisotopic (exact) mass is 204 g/mol. The molecule has 0 radical (unpaired) electrons. The minimum Gasteiger partial charge on any atom is -0.207 e. The van der Waals surface area contributed by atoms with E-state index in [4.69, 9.17) is 0 Å². The Labute approximate surface area is 69.2 Å². The molecule has 0 aliphatic rings. The van der Waals surface area contributed by atoms with Gasteiger partial charge in [0.2, 0.25) is 0 Å². The van der Waals surface area contributed by atoms with Crippen LogP contribution in [0.25, 0.3) is 0 Å². The van der Waals surface area contributed by atoms with Gasteiger partial charge in [-0.25, -0.2) is 4.39 Å². The molecule has 0 saturated carbocycles. The summed E-state index contributed by atoms with van der Waals surface area (Å²) in [6.45, 7) is 4.00. The van der Waals surface area contributed by atoms with Crippen molar-refractivity contribution in [2.45, 2.75) is 13.8 Å². The van der Waals surface area contributed by atoms with Gasteiger partial charge in [-0.15, -0.1) is 0 Å². The molecule has 0 unspecified atom stereocenters. The molecule has 0 spiro atoms. The van der Waals surface area contributed by atoms with Gasteiger partial charge in [0.1, 0.15) is 5.82 Å². The van der Waals surface area contributed by atoms with Crippen molar-refractivity contribution >= 4 is 15.9 Å². The second kappa shape index (κ2) is 5.42. The van der Waals surface area contributed by atoms with E-state index >= 15 is 0 Å². The van der Waals surface area contributed by atoms with Crippen LogP contribution in [-0.4, -0.2) is 0 Å². The van der Waals surface area contributed by atoms with Gasteiger partial charge >= 0.3 is 0 Å². The van der Waals surface area contributed by atoms with Crippen LogP contribution in [0.2, 0.25) is 0 Å². The van der Waals surface area contributed by atoms with Gasteiger partial charge < -0.3 is 0 Å². The Morgan fingerprint density at radius 1 is 1.10 bits per heavy atom. The van der Waals surface area contributed by atoms with E-state index in [1.807, 2.05) is 13.8 Å². The Bertz CT molecular complexity index is 148. The molecule has 0 aliphatic heterocycles. The van der Waals surface area contributed by atoms with Gasteiger partial charge in [0.15, 0.2) is 0 Å². The molecule has 0 fully saturated rings. The molecule has 2 heteroatoms. The summed E-state index contributed by atoms with van der Waals surface area (Å²) in [4.78, 5) is 0. The Morgan fingerprint density at radius 2 is 1.50 bits per heavy atom. The topological polar surface area (TPSA) is 0 Å². The van der Waals surface area contributed by atoms with Crippen molar-refractivity contribution in [2.75, 3.05) is 0 Å². The average molecular weight is 205 g/mol. The fourth-order valence-corrected chi connectivity index (χ4v) is 0.694. The zero-order valence-corrected chi connectivity index (χ0v) is 7.65. The molecule has 0 heterocycles. The lowest BCUT2D eigenvalue weighted by Crippen LogP contribution is -1.67. The largest absolute Gasteiger partial charge is 0.207 e.